The van der Waals surface area contributed by atoms with Crippen molar-refractivity contribution < 1.29 is 14.3 Å². The number of carbonyl (C=O) groups excluding carboxylic acids is 2. The highest BCUT2D eigenvalue weighted by Crippen LogP contribution is 2.15. The molecule has 6 heteroatoms. The lowest BCUT2D eigenvalue weighted by molar-refractivity contribution is -0.120. The van der Waals surface area contributed by atoms with Crippen molar-refractivity contribution in [3.63, 3.8) is 0 Å². The van der Waals surface area contributed by atoms with E-state index < -0.39 is 0 Å². The monoisotopic (exact) mass is 462 g/mol. The van der Waals surface area contributed by atoms with E-state index in [4.69, 9.17) is 4.74 Å². The predicted molar refractivity (Wildman–Crippen MR) is 135 cm³/mol. The van der Waals surface area contributed by atoms with Crippen LogP contribution in [0.25, 0.3) is 0 Å². The molecule has 172 valence electrons. The molecule has 1 atom stereocenters. The Balaban J connectivity index is 1.42. The molecule has 3 aromatic carbocycles. The van der Waals surface area contributed by atoms with E-state index in [1.807, 2.05) is 92.7 Å². The number of carbonyl (C=O) groups is 2. The maximum absolute atomic E-state index is 12.5. The first-order valence-electron chi connectivity index (χ1n) is 11.0. The molecule has 3 rings (SSSR count). The zero-order valence-electron chi connectivity index (χ0n) is 19.0. The number of hydrogen-bond donors (Lipinski definition) is 2. The minimum atomic E-state index is -0.338. The van der Waals surface area contributed by atoms with Crippen LogP contribution in [0, 0.1) is 6.92 Å². The summed E-state index contributed by atoms with van der Waals surface area (Å²) in [6.07, 6.45) is 0. The fourth-order valence-corrected chi connectivity index (χ4v) is 3.87. The van der Waals surface area contributed by atoms with Crippen LogP contribution in [0.3, 0.4) is 0 Å². The fourth-order valence-electron chi connectivity index (χ4n) is 3.16. The molecule has 0 aromatic heterocycles. The quantitative estimate of drug-likeness (QED) is 0.417. The second-order valence-electron chi connectivity index (χ2n) is 7.83. The maximum atomic E-state index is 12.5. The molecule has 0 aliphatic carbocycles. The van der Waals surface area contributed by atoms with Crippen molar-refractivity contribution in [2.75, 3.05) is 11.1 Å². The Morgan fingerprint density at radius 1 is 0.879 bits per heavy atom. The van der Waals surface area contributed by atoms with Crippen LogP contribution in [0.4, 0.5) is 5.69 Å². The first-order chi connectivity index (χ1) is 16.0. The third kappa shape index (κ3) is 8.40. The number of anilines is 1. The summed E-state index contributed by atoms with van der Waals surface area (Å²) in [4.78, 5) is 24.7. The molecule has 0 spiro atoms. The maximum Gasteiger partial charge on any atom is 0.234 e. The SMILES string of the molecule is Cc1ccc(NC(=O)CSC(C)C(=O)NCc2ccccc2COCc2ccccc2)cc1. The van der Waals surface area contributed by atoms with Gasteiger partial charge in [0.2, 0.25) is 11.8 Å². The number of ether oxygens (including phenoxy) is 1. The second kappa shape index (κ2) is 12.8. The molecule has 3 aromatic rings. The molecule has 0 aliphatic rings. The van der Waals surface area contributed by atoms with Crippen LogP contribution < -0.4 is 10.6 Å². The number of amides is 2. The second-order valence-corrected chi connectivity index (χ2v) is 9.16. The van der Waals surface area contributed by atoms with Gasteiger partial charge in [0.05, 0.1) is 24.2 Å². The molecule has 33 heavy (non-hydrogen) atoms. The van der Waals surface area contributed by atoms with E-state index in [1.165, 1.54) is 11.8 Å². The minimum Gasteiger partial charge on any atom is -0.372 e. The van der Waals surface area contributed by atoms with Crippen LogP contribution in [0.1, 0.15) is 29.2 Å². The van der Waals surface area contributed by atoms with Crippen LogP contribution in [0.5, 0.6) is 0 Å². The van der Waals surface area contributed by atoms with Crippen molar-refractivity contribution in [3.8, 4) is 0 Å². The first-order valence-corrected chi connectivity index (χ1v) is 12.0. The van der Waals surface area contributed by atoms with Crippen LogP contribution in [0.2, 0.25) is 0 Å². The lowest BCUT2D eigenvalue weighted by Gasteiger charge is -2.14. The standard InChI is InChI=1S/C27H30N2O3S/c1-20-12-14-25(15-13-20)29-26(30)19-33-21(2)27(31)28-16-23-10-6-7-11-24(23)18-32-17-22-8-4-3-5-9-22/h3-15,21H,16-19H2,1-2H3,(H,28,31)(H,29,30). The number of aryl methyl sites for hydroxylation is 1. The summed E-state index contributed by atoms with van der Waals surface area (Å²) in [6.45, 7) is 5.25. The number of thioether (sulfide) groups is 1. The lowest BCUT2D eigenvalue weighted by Crippen LogP contribution is -2.31. The molecule has 0 saturated carbocycles. The largest absolute Gasteiger partial charge is 0.372 e. The van der Waals surface area contributed by atoms with E-state index >= 15 is 0 Å². The van der Waals surface area contributed by atoms with Gasteiger partial charge in [-0.3, -0.25) is 9.59 Å². The fraction of sp³-hybridized carbons (Fsp3) is 0.259. The first kappa shape index (κ1) is 24.6. The number of rotatable bonds is 11. The molecule has 2 N–H and O–H groups in total. The number of benzene rings is 3. The molecule has 0 saturated heterocycles. The molecular weight excluding hydrogens is 432 g/mol. The van der Waals surface area contributed by atoms with Crippen molar-refractivity contribution >= 4 is 29.3 Å². The summed E-state index contributed by atoms with van der Waals surface area (Å²) in [7, 11) is 0. The van der Waals surface area contributed by atoms with Gasteiger partial charge in [-0.15, -0.1) is 11.8 Å². The van der Waals surface area contributed by atoms with Crippen molar-refractivity contribution in [1.29, 1.82) is 0 Å². The smallest absolute Gasteiger partial charge is 0.234 e. The zero-order chi connectivity index (χ0) is 23.5. The Morgan fingerprint density at radius 2 is 1.55 bits per heavy atom. The molecule has 0 fully saturated rings. The molecule has 2 amide bonds. The molecule has 0 aliphatic heterocycles. The summed E-state index contributed by atoms with van der Waals surface area (Å²) >= 11 is 1.32. The topological polar surface area (TPSA) is 67.4 Å². The van der Waals surface area contributed by atoms with Gasteiger partial charge < -0.3 is 15.4 Å². The van der Waals surface area contributed by atoms with Gasteiger partial charge in [-0.05, 0) is 42.7 Å². The van der Waals surface area contributed by atoms with E-state index in [1.54, 1.807) is 0 Å². The highest BCUT2D eigenvalue weighted by Gasteiger charge is 2.15. The molecular formula is C27H30N2O3S. The lowest BCUT2D eigenvalue weighted by atomic mass is 10.1. The van der Waals surface area contributed by atoms with Crippen molar-refractivity contribution in [3.05, 3.63) is 101 Å². The Labute approximate surface area is 199 Å². The van der Waals surface area contributed by atoms with Gasteiger partial charge in [-0.2, -0.15) is 0 Å². The molecule has 1 unspecified atom stereocenters. The van der Waals surface area contributed by atoms with E-state index in [2.05, 4.69) is 10.6 Å². The van der Waals surface area contributed by atoms with Gasteiger partial charge in [0, 0.05) is 12.2 Å². The molecule has 0 bridgehead atoms. The predicted octanol–water partition coefficient (Wildman–Crippen LogP) is 5.09. The van der Waals surface area contributed by atoms with E-state index in [0.717, 1.165) is 27.9 Å². The van der Waals surface area contributed by atoms with Gasteiger partial charge in [0.15, 0.2) is 0 Å². The molecule has 5 nitrogen and oxygen atoms in total. The van der Waals surface area contributed by atoms with E-state index in [0.29, 0.717) is 19.8 Å². The Kier molecular flexibility index (Phi) is 9.54. The average molecular weight is 463 g/mol. The van der Waals surface area contributed by atoms with E-state index in [9.17, 15) is 9.59 Å². The molecule has 0 heterocycles. The zero-order valence-corrected chi connectivity index (χ0v) is 19.9. The van der Waals surface area contributed by atoms with Gasteiger partial charge in [0.1, 0.15) is 0 Å². The summed E-state index contributed by atoms with van der Waals surface area (Å²) in [6, 6.07) is 25.6. The minimum absolute atomic E-state index is 0.0943. The van der Waals surface area contributed by atoms with Gasteiger partial charge in [-0.25, -0.2) is 0 Å². The third-order valence-electron chi connectivity index (χ3n) is 5.11. The van der Waals surface area contributed by atoms with Crippen molar-refractivity contribution in [2.24, 2.45) is 0 Å². The van der Waals surface area contributed by atoms with E-state index in [-0.39, 0.29) is 22.8 Å². The number of nitrogens with one attached hydrogen (secondary N) is 2. The van der Waals surface area contributed by atoms with Crippen molar-refractivity contribution in [2.45, 2.75) is 38.9 Å². The Morgan fingerprint density at radius 3 is 2.27 bits per heavy atom. The van der Waals surface area contributed by atoms with Gasteiger partial charge in [0.25, 0.3) is 0 Å². The highest BCUT2D eigenvalue weighted by atomic mass is 32.2. The Bertz CT molecular complexity index is 1040. The van der Waals surface area contributed by atoms with Gasteiger partial charge in [-0.1, -0.05) is 72.3 Å². The molecule has 0 radical (unpaired) electrons. The highest BCUT2D eigenvalue weighted by molar-refractivity contribution is 8.01. The normalized spacial score (nSPS) is 11.6. The Hall–Kier alpha value is -3.09. The average Bonchev–Trinajstić information content (AvgIpc) is 2.84. The summed E-state index contributed by atoms with van der Waals surface area (Å²) in [5.41, 5.74) is 5.09. The summed E-state index contributed by atoms with van der Waals surface area (Å²) < 4.78 is 5.86. The van der Waals surface area contributed by atoms with Crippen LogP contribution in [-0.4, -0.2) is 22.8 Å². The van der Waals surface area contributed by atoms with Crippen LogP contribution in [-0.2, 0) is 34.1 Å². The third-order valence-corrected chi connectivity index (χ3v) is 6.25. The van der Waals surface area contributed by atoms with Crippen LogP contribution >= 0.6 is 11.8 Å². The van der Waals surface area contributed by atoms with Crippen molar-refractivity contribution in [1.82, 2.24) is 5.32 Å². The summed E-state index contributed by atoms with van der Waals surface area (Å²) in [5, 5.41) is 5.50. The summed E-state index contributed by atoms with van der Waals surface area (Å²) in [5.74, 6) is -0.000567. The van der Waals surface area contributed by atoms with Crippen LogP contribution in [0.15, 0.2) is 78.9 Å². The number of hydrogen-bond acceptors (Lipinski definition) is 4. The van der Waals surface area contributed by atoms with Gasteiger partial charge >= 0.3 is 0 Å².